The molecule has 0 aliphatic rings. The SMILES string of the molecule is COc1ccc(-c2cc(-c3ccccn3)nc(Sc3ccc(C)cc3)c2C#N)cc1OC. The van der Waals surface area contributed by atoms with Crippen molar-refractivity contribution in [2.75, 3.05) is 14.2 Å². The molecule has 0 N–H and O–H groups in total. The zero-order valence-electron chi connectivity index (χ0n) is 18.0. The summed E-state index contributed by atoms with van der Waals surface area (Å²) in [5, 5.41) is 10.7. The Hall–Kier alpha value is -3.82. The molecule has 0 fully saturated rings. The van der Waals surface area contributed by atoms with Crippen molar-refractivity contribution >= 4 is 11.8 Å². The quantitative estimate of drug-likeness (QED) is 0.358. The lowest BCUT2D eigenvalue weighted by molar-refractivity contribution is 0.355. The number of hydrogen-bond donors (Lipinski definition) is 0. The zero-order valence-corrected chi connectivity index (χ0v) is 18.8. The fraction of sp³-hybridized carbons (Fsp3) is 0.115. The maximum Gasteiger partial charge on any atom is 0.161 e. The van der Waals surface area contributed by atoms with Crippen molar-refractivity contribution in [2.45, 2.75) is 16.8 Å². The molecule has 0 aliphatic carbocycles. The van der Waals surface area contributed by atoms with E-state index in [1.807, 2.05) is 73.7 Å². The molecule has 6 heteroatoms. The summed E-state index contributed by atoms with van der Waals surface area (Å²) in [4.78, 5) is 10.3. The van der Waals surface area contributed by atoms with E-state index in [1.54, 1.807) is 20.4 Å². The third-order valence-electron chi connectivity index (χ3n) is 4.96. The number of rotatable bonds is 6. The molecule has 4 aromatic rings. The van der Waals surface area contributed by atoms with Gasteiger partial charge in [0.15, 0.2) is 11.5 Å². The summed E-state index contributed by atoms with van der Waals surface area (Å²) >= 11 is 1.47. The molecule has 32 heavy (non-hydrogen) atoms. The van der Waals surface area contributed by atoms with Gasteiger partial charge in [-0.15, -0.1) is 0 Å². The monoisotopic (exact) mass is 439 g/mol. The maximum absolute atomic E-state index is 10.1. The van der Waals surface area contributed by atoms with Crippen molar-refractivity contribution in [1.82, 2.24) is 9.97 Å². The van der Waals surface area contributed by atoms with Crippen LogP contribution in [0.25, 0.3) is 22.5 Å². The predicted octanol–water partition coefficient (Wildman–Crippen LogP) is 6.16. The van der Waals surface area contributed by atoms with Gasteiger partial charge in [0, 0.05) is 16.7 Å². The standard InChI is InChI=1S/C26H21N3O2S/c1-17-7-10-19(11-8-17)32-26-21(16-27)20(15-23(29-26)22-6-4-5-13-28-22)18-9-12-24(30-2)25(14-18)31-3/h4-15H,1-3H3. The first-order valence-electron chi connectivity index (χ1n) is 9.96. The highest BCUT2D eigenvalue weighted by Crippen LogP contribution is 2.39. The van der Waals surface area contributed by atoms with Gasteiger partial charge in [0.2, 0.25) is 0 Å². The lowest BCUT2D eigenvalue weighted by atomic mass is 10.00. The largest absolute Gasteiger partial charge is 0.493 e. The number of pyridine rings is 2. The molecular weight excluding hydrogens is 418 g/mol. The van der Waals surface area contributed by atoms with Crippen LogP contribution in [0.4, 0.5) is 0 Å². The van der Waals surface area contributed by atoms with Crippen LogP contribution < -0.4 is 9.47 Å². The summed E-state index contributed by atoms with van der Waals surface area (Å²) in [6, 6.07) is 23.8. The summed E-state index contributed by atoms with van der Waals surface area (Å²) in [6.45, 7) is 2.05. The Kier molecular flexibility index (Phi) is 6.39. The van der Waals surface area contributed by atoms with Gasteiger partial charge in [-0.2, -0.15) is 5.26 Å². The Morgan fingerprint density at radius 2 is 1.66 bits per heavy atom. The first-order valence-corrected chi connectivity index (χ1v) is 10.8. The van der Waals surface area contributed by atoms with Crippen LogP contribution in [0.2, 0.25) is 0 Å². The second-order valence-electron chi connectivity index (χ2n) is 7.05. The van der Waals surface area contributed by atoms with Crippen LogP contribution in [0, 0.1) is 18.3 Å². The number of nitrogens with zero attached hydrogens (tertiary/aromatic N) is 3. The molecular formula is C26H21N3O2S. The van der Waals surface area contributed by atoms with Crippen LogP contribution in [0.15, 0.2) is 82.8 Å². The third-order valence-corrected chi connectivity index (χ3v) is 5.95. The van der Waals surface area contributed by atoms with Crippen molar-refractivity contribution < 1.29 is 9.47 Å². The molecule has 0 atom stereocenters. The minimum atomic E-state index is 0.502. The van der Waals surface area contributed by atoms with E-state index < -0.39 is 0 Å². The lowest BCUT2D eigenvalue weighted by Gasteiger charge is -2.14. The van der Waals surface area contributed by atoms with Crippen LogP contribution in [0.3, 0.4) is 0 Å². The van der Waals surface area contributed by atoms with Gasteiger partial charge in [-0.25, -0.2) is 4.98 Å². The molecule has 2 aromatic heterocycles. The molecule has 2 aromatic carbocycles. The molecule has 5 nitrogen and oxygen atoms in total. The predicted molar refractivity (Wildman–Crippen MR) is 126 cm³/mol. The molecule has 0 unspecified atom stereocenters. The van der Waals surface area contributed by atoms with Gasteiger partial charge >= 0.3 is 0 Å². The highest BCUT2D eigenvalue weighted by atomic mass is 32.2. The minimum absolute atomic E-state index is 0.502. The molecule has 0 saturated carbocycles. The van der Waals surface area contributed by atoms with Crippen LogP contribution in [-0.2, 0) is 0 Å². The summed E-state index contributed by atoms with van der Waals surface area (Å²) in [5.74, 6) is 1.22. The fourth-order valence-electron chi connectivity index (χ4n) is 3.30. The molecule has 0 aliphatic heterocycles. The number of hydrogen-bond acceptors (Lipinski definition) is 6. The van der Waals surface area contributed by atoms with E-state index in [9.17, 15) is 5.26 Å². The van der Waals surface area contributed by atoms with Crippen molar-refractivity contribution in [1.29, 1.82) is 5.26 Å². The van der Waals surface area contributed by atoms with E-state index in [0.717, 1.165) is 21.7 Å². The van der Waals surface area contributed by atoms with E-state index in [1.165, 1.54) is 17.3 Å². The molecule has 158 valence electrons. The van der Waals surface area contributed by atoms with Crippen LogP contribution in [-0.4, -0.2) is 24.2 Å². The third kappa shape index (κ3) is 4.43. The summed E-state index contributed by atoms with van der Waals surface area (Å²) in [5.41, 5.74) is 4.72. The fourth-order valence-corrected chi connectivity index (χ4v) is 4.20. The molecule has 0 saturated heterocycles. The van der Waals surface area contributed by atoms with Crippen LogP contribution >= 0.6 is 11.8 Å². The Labute approximate surface area is 191 Å². The lowest BCUT2D eigenvalue weighted by Crippen LogP contribution is -1.97. The molecule has 2 heterocycles. The zero-order chi connectivity index (χ0) is 22.5. The number of nitriles is 1. The van der Waals surface area contributed by atoms with E-state index in [-0.39, 0.29) is 0 Å². The Morgan fingerprint density at radius 3 is 2.31 bits per heavy atom. The first-order chi connectivity index (χ1) is 15.6. The van der Waals surface area contributed by atoms with Gasteiger partial charge in [0.05, 0.1) is 31.2 Å². The summed E-state index contributed by atoms with van der Waals surface area (Å²) in [6.07, 6.45) is 1.73. The Morgan fingerprint density at radius 1 is 0.875 bits per heavy atom. The van der Waals surface area contributed by atoms with E-state index in [0.29, 0.717) is 27.8 Å². The average molecular weight is 440 g/mol. The van der Waals surface area contributed by atoms with Gasteiger partial charge in [0.1, 0.15) is 11.1 Å². The number of ether oxygens (including phenoxy) is 2. The smallest absolute Gasteiger partial charge is 0.161 e. The summed E-state index contributed by atoms with van der Waals surface area (Å²) in [7, 11) is 3.19. The molecule has 0 bridgehead atoms. The normalized spacial score (nSPS) is 10.4. The average Bonchev–Trinajstić information content (AvgIpc) is 2.85. The van der Waals surface area contributed by atoms with E-state index in [4.69, 9.17) is 14.5 Å². The second kappa shape index (κ2) is 9.54. The number of methoxy groups -OCH3 is 2. The van der Waals surface area contributed by atoms with Crippen molar-refractivity contribution in [3.05, 3.63) is 84.1 Å². The van der Waals surface area contributed by atoms with E-state index in [2.05, 4.69) is 11.1 Å². The topological polar surface area (TPSA) is 68.0 Å². The molecule has 4 rings (SSSR count). The highest BCUT2D eigenvalue weighted by Gasteiger charge is 2.18. The van der Waals surface area contributed by atoms with Crippen molar-refractivity contribution in [2.24, 2.45) is 0 Å². The number of aromatic nitrogens is 2. The Bertz CT molecular complexity index is 1280. The molecule has 0 amide bonds. The summed E-state index contributed by atoms with van der Waals surface area (Å²) < 4.78 is 10.9. The van der Waals surface area contributed by atoms with Gasteiger partial charge < -0.3 is 9.47 Å². The van der Waals surface area contributed by atoms with Crippen molar-refractivity contribution in [3.8, 4) is 40.1 Å². The first kappa shape index (κ1) is 21.4. The minimum Gasteiger partial charge on any atom is -0.493 e. The van der Waals surface area contributed by atoms with Crippen LogP contribution in [0.5, 0.6) is 11.5 Å². The van der Waals surface area contributed by atoms with Gasteiger partial charge in [-0.1, -0.05) is 41.6 Å². The number of aryl methyl sites for hydroxylation is 1. The number of benzene rings is 2. The van der Waals surface area contributed by atoms with Gasteiger partial charge in [-0.3, -0.25) is 4.98 Å². The second-order valence-corrected chi connectivity index (χ2v) is 8.11. The highest BCUT2D eigenvalue weighted by molar-refractivity contribution is 7.99. The molecule has 0 radical (unpaired) electrons. The van der Waals surface area contributed by atoms with Gasteiger partial charge in [-0.05, 0) is 55.0 Å². The Balaban J connectivity index is 1.92. The molecule has 0 spiro atoms. The maximum atomic E-state index is 10.1. The van der Waals surface area contributed by atoms with Crippen molar-refractivity contribution in [3.63, 3.8) is 0 Å². The van der Waals surface area contributed by atoms with E-state index >= 15 is 0 Å². The van der Waals surface area contributed by atoms with Gasteiger partial charge in [0.25, 0.3) is 0 Å². The van der Waals surface area contributed by atoms with Crippen LogP contribution in [0.1, 0.15) is 11.1 Å².